The second-order valence-electron chi connectivity index (χ2n) is 8.27. The summed E-state index contributed by atoms with van der Waals surface area (Å²) >= 11 is 0. The minimum atomic E-state index is -1.07. The van der Waals surface area contributed by atoms with Gasteiger partial charge in [0.25, 0.3) is 11.7 Å². The van der Waals surface area contributed by atoms with Gasteiger partial charge in [-0.15, -0.1) is 0 Å². The van der Waals surface area contributed by atoms with Crippen LogP contribution in [-0.2, 0) is 16.1 Å². The first kappa shape index (κ1) is 25.3. The molecule has 0 spiro atoms. The van der Waals surface area contributed by atoms with Gasteiger partial charge in [-0.05, 0) is 47.5 Å². The first-order valence-electron chi connectivity index (χ1n) is 11.3. The number of ether oxygens (including phenoxy) is 3. The molecule has 37 heavy (non-hydrogen) atoms. The van der Waals surface area contributed by atoms with E-state index >= 15 is 0 Å². The molecule has 9 heteroatoms. The summed E-state index contributed by atoms with van der Waals surface area (Å²) in [5.41, 5.74) is 1.43. The highest BCUT2D eigenvalue weighted by Crippen LogP contribution is 2.42. The minimum Gasteiger partial charge on any atom is -0.507 e. The minimum absolute atomic E-state index is 0.0116. The highest BCUT2D eigenvalue weighted by Gasteiger charge is 2.46. The number of aliphatic hydroxyl groups excluding tert-OH is 1. The molecule has 4 rings (SSSR count). The molecule has 190 valence electrons. The number of carbonyl (C=O) groups excluding carboxylic acids is 2. The standard InChI is InChI=1S/C28H25NO8/c1-35-19-10-8-17(9-11-19)24-23(25(30)21-13-12-20(36-2)14-22(21)37-3)26(31)27(32)29(24)15-16-4-6-18(7-5-16)28(33)34/h4-14,24,30H,15H2,1-3H3,(H,33,34)/b25-23-. The SMILES string of the molecule is COc1ccc(C2/C(=C(/O)c3ccc(OC)cc3OC)C(=O)C(=O)N2Cc2ccc(C(=O)O)cc2)cc1. The van der Waals surface area contributed by atoms with E-state index in [1.807, 2.05) is 0 Å². The summed E-state index contributed by atoms with van der Waals surface area (Å²) in [6.45, 7) is 0.0116. The molecule has 1 fully saturated rings. The molecule has 1 saturated heterocycles. The topological polar surface area (TPSA) is 123 Å². The Balaban J connectivity index is 1.85. The monoisotopic (exact) mass is 503 g/mol. The lowest BCUT2D eigenvalue weighted by Crippen LogP contribution is -2.29. The van der Waals surface area contributed by atoms with Crippen LogP contribution in [-0.4, -0.2) is 54.1 Å². The number of Topliss-reactive ketones (excluding diaryl/α,β-unsaturated/α-hetero) is 1. The van der Waals surface area contributed by atoms with Crippen molar-refractivity contribution in [1.29, 1.82) is 0 Å². The van der Waals surface area contributed by atoms with Gasteiger partial charge in [0.2, 0.25) is 0 Å². The first-order valence-corrected chi connectivity index (χ1v) is 11.3. The zero-order valence-electron chi connectivity index (χ0n) is 20.4. The number of benzene rings is 3. The molecule has 3 aromatic rings. The van der Waals surface area contributed by atoms with Gasteiger partial charge in [0.05, 0.1) is 44.1 Å². The van der Waals surface area contributed by atoms with E-state index in [4.69, 9.17) is 14.2 Å². The number of rotatable bonds is 8. The Bertz CT molecular complexity index is 1380. The Hall–Kier alpha value is -4.79. The summed E-state index contributed by atoms with van der Waals surface area (Å²) in [6.07, 6.45) is 0. The third-order valence-electron chi connectivity index (χ3n) is 6.19. The lowest BCUT2D eigenvalue weighted by Gasteiger charge is -2.26. The number of aliphatic hydroxyl groups is 1. The Morgan fingerprint density at radius 2 is 1.46 bits per heavy atom. The van der Waals surface area contributed by atoms with Crippen molar-refractivity contribution >= 4 is 23.4 Å². The number of carbonyl (C=O) groups is 3. The second kappa shape index (κ2) is 10.4. The first-order chi connectivity index (χ1) is 17.8. The Morgan fingerprint density at radius 1 is 0.838 bits per heavy atom. The fourth-order valence-corrected chi connectivity index (χ4v) is 4.26. The van der Waals surface area contributed by atoms with E-state index in [2.05, 4.69) is 0 Å². The van der Waals surface area contributed by atoms with Gasteiger partial charge in [-0.25, -0.2) is 4.79 Å². The van der Waals surface area contributed by atoms with Crippen LogP contribution in [0.4, 0.5) is 0 Å². The van der Waals surface area contributed by atoms with Gasteiger partial charge in [-0.3, -0.25) is 9.59 Å². The van der Waals surface area contributed by atoms with Gasteiger partial charge < -0.3 is 29.3 Å². The molecular weight excluding hydrogens is 478 g/mol. The number of carboxylic acid groups (broad SMARTS) is 1. The summed E-state index contributed by atoms with van der Waals surface area (Å²) in [4.78, 5) is 39.1. The van der Waals surface area contributed by atoms with Crippen LogP contribution < -0.4 is 14.2 Å². The number of likely N-dealkylation sites (tertiary alicyclic amines) is 1. The average Bonchev–Trinajstić information content (AvgIpc) is 3.17. The number of aromatic carboxylic acids is 1. The smallest absolute Gasteiger partial charge is 0.335 e. The normalized spacial score (nSPS) is 16.5. The maximum Gasteiger partial charge on any atom is 0.335 e. The number of hydrogen-bond donors (Lipinski definition) is 2. The van der Waals surface area contributed by atoms with Crippen LogP contribution in [0.5, 0.6) is 17.2 Å². The van der Waals surface area contributed by atoms with Gasteiger partial charge in [-0.1, -0.05) is 24.3 Å². The van der Waals surface area contributed by atoms with Gasteiger partial charge >= 0.3 is 5.97 Å². The van der Waals surface area contributed by atoms with E-state index in [0.29, 0.717) is 22.6 Å². The predicted octanol–water partition coefficient (Wildman–Crippen LogP) is 4.03. The Kier molecular flexibility index (Phi) is 7.15. The quantitative estimate of drug-likeness (QED) is 0.268. The summed E-state index contributed by atoms with van der Waals surface area (Å²) in [5, 5.41) is 20.5. The third-order valence-corrected chi connectivity index (χ3v) is 6.19. The van der Waals surface area contributed by atoms with Crippen molar-refractivity contribution in [1.82, 2.24) is 4.90 Å². The van der Waals surface area contributed by atoms with E-state index < -0.39 is 23.7 Å². The molecule has 9 nitrogen and oxygen atoms in total. The van der Waals surface area contributed by atoms with Crippen LogP contribution in [0.1, 0.15) is 33.1 Å². The van der Waals surface area contributed by atoms with E-state index in [1.54, 1.807) is 54.6 Å². The molecule has 1 heterocycles. The molecule has 3 aromatic carbocycles. The molecule has 1 amide bonds. The second-order valence-corrected chi connectivity index (χ2v) is 8.27. The molecular formula is C28H25NO8. The lowest BCUT2D eigenvalue weighted by atomic mass is 9.94. The Labute approximate surface area is 213 Å². The van der Waals surface area contributed by atoms with Crippen molar-refractivity contribution in [2.45, 2.75) is 12.6 Å². The van der Waals surface area contributed by atoms with Crippen molar-refractivity contribution in [2.75, 3.05) is 21.3 Å². The highest BCUT2D eigenvalue weighted by molar-refractivity contribution is 6.46. The fraction of sp³-hybridized carbons (Fsp3) is 0.179. The van der Waals surface area contributed by atoms with Crippen LogP contribution in [0.25, 0.3) is 5.76 Å². The van der Waals surface area contributed by atoms with Gasteiger partial charge in [0.1, 0.15) is 23.0 Å². The molecule has 0 aliphatic carbocycles. The Morgan fingerprint density at radius 3 is 2.03 bits per heavy atom. The van der Waals surface area contributed by atoms with Crippen molar-refractivity contribution in [3.8, 4) is 17.2 Å². The molecule has 1 aliphatic rings. The van der Waals surface area contributed by atoms with Crippen LogP contribution in [0.2, 0.25) is 0 Å². The van der Waals surface area contributed by atoms with E-state index in [0.717, 1.165) is 0 Å². The summed E-state index contributed by atoms with van der Waals surface area (Å²) in [7, 11) is 4.44. The number of hydrogen-bond acceptors (Lipinski definition) is 7. The predicted molar refractivity (Wildman–Crippen MR) is 134 cm³/mol. The summed E-state index contributed by atoms with van der Waals surface area (Å²) in [5.74, 6) is -1.76. The molecule has 2 N–H and O–H groups in total. The van der Waals surface area contributed by atoms with Gasteiger partial charge in [-0.2, -0.15) is 0 Å². The number of nitrogens with zero attached hydrogens (tertiary/aromatic N) is 1. The molecule has 1 aliphatic heterocycles. The summed E-state index contributed by atoms with van der Waals surface area (Å²) < 4.78 is 15.9. The van der Waals surface area contributed by atoms with Crippen molar-refractivity contribution in [2.24, 2.45) is 0 Å². The number of methoxy groups -OCH3 is 3. The largest absolute Gasteiger partial charge is 0.507 e. The average molecular weight is 504 g/mol. The van der Waals surface area contributed by atoms with Crippen molar-refractivity contribution in [3.05, 3.63) is 94.6 Å². The molecule has 0 aromatic heterocycles. The van der Waals surface area contributed by atoms with E-state index in [-0.39, 0.29) is 34.8 Å². The lowest BCUT2D eigenvalue weighted by molar-refractivity contribution is -0.140. The highest BCUT2D eigenvalue weighted by atomic mass is 16.5. The van der Waals surface area contributed by atoms with Gasteiger partial charge in [0, 0.05) is 12.6 Å². The molecule has 0 bridgehead atoms. The maximum atomic E-state index is 13.3. The molecule has 1 unspecified atom stereocenters. The van der Waals surface area contributed by atoms with E-state index in [1.165, 1.54) is 38.4 Å². The zero-order chi connectivity index (χ0) is 26.7. The van der Waals surface area contributed by atoms with Crippen LogP contribution >= 0.6 is 0 Å². The zero-order valence-corrected chi connectivity index (χ0v) is 20.4. The number of ketones is 1. The fourth-order valence-electron chi connectivity index (χ4n) is 4.26. The third kappa shape index (κ3) is 4.84. The van der Waals surface area contributed by atoms with Crippen LogP contribution in [0.3, 0.4) is 0 Å². The van der Waals surface area contributed by atoms with Gasteiger partial charge in [0.15, 0.2) is 0 Å². The molecule has 1 atom stereocenters. The number of amides is 1. The summed E-state index contributed by atoms with van der Waals surface area (Å²) in [6, 6.07) is 16.7. The van der Waals surface area contributed by atoms with Crippen LogP contribution in [0, 0.1) is 0 Å². The molecule has 0 saturated carbocycles. The van der Waals surface area contributed by atoms with E-state index in [9.17, 15) is 24.6 Å². The van der Waals surface area contributed by atoms with Crippen molar-refractivity contribution < 1.29 is 38.8 Å². The molecule has 0 radical (unpaired) electrons. The van der Waals surface area contributed by atoms with Crippen molar-refractivity contribution in [3.63, 3.8) is 0 Å². The number of carboxylic acids is 1. The van der Waals surface area contributed by atoms with Crippen LogP contribution in [0.15, 0.2) is 72.3 Å². The maximum absolute atomic E-state index is 13.3.